The van der Waals surface area contributed by atoms with E-state index in [-0.39, 0.29) is 25.0 Å². The third kappa shape index (κ3) is 5.01. The number of esters is 1. The number of benzene rings is 1. The van der Waals surface area contributed by atoms with E-state index in [4.69, 9.17) is 4.74 Å². The highest BCUT2D eigenvalue weighted by Gasteiger charge is 2.19. The Labute approximate surface area is 167 Å². The van der Waals surface area contributed by atoms with Gasteiger partial charge in [-0.25, -0.2) is 4.98 Å². The molecule has 3 rings (SSSR count). The highest BCUT2D eigenvalue weighted by atomic mass is 32.1. The van der Waals surface area contributed by atoms with E-state index in [1.54, 1.807) is 24.3 Å². The first-order valence-electron chi connectivity index (χ1n) is 8.85. The molecular formula is C21H21N3O3S. The number of thiazole rings is 1. The standard InChI is InChI=1S/C21H21N3O3S/c1-15(16-7-4-3-5-8-16)24(2)19(25)13-27-20(26)11-18-14-28-21(23-18)17-9-6-10-22-12-17/h3-10,12,14-15H,11,13H2,1-2H3/t15-/m0/s1. The van der Waals surface area contributed by atoms with Crippen molar-refractivity contribution in [1.29, 1.82) is 0 Å². The highest BCUT2D eigenvalue weighted by molar-refractivity contribution is 7.13. The third-order valence-electron chi connectivity index (χ3n) is 4.40. The van der Waals surface area contributed by atoms with Gasteiger partial charge < -0.3 is 9.64 Å². The van der Waals surface area contributed by atoms with Crippen LogP contribution in [0.1, 0.15) is 24.2 Å². The first-order valence-corrected chi connectivity index (χ1v) is 9.73. The Morgan fingerprint density at radius 3 is 2.68 bits per heavy atom. The highest BCUT2D eigenvalue weighted by Crippen LogP contribution is 2.23. The maximum Gasteiger partial charge on any atom is 0.312 e. The minimum atomic E-state index is -0.475. The monoisotopic (exact) mass is 395 g/mol. The van der Waals surface area contributed by atoms with Crippen LogP contribution in [0.4, 0.5) is 0 Å². The van der Waals surface area contributed by atoms with Gasteiger partial charge in [0.15, 0.2) is 6.61 Å². The van der Waals surface area contributed by atoms with Crippen LogP contribution >= 0.6 is 11.3 Å². The summed E-state index contributed by atoms with van der Waals surface area (Å²) < 4.78 is 5.15. The molecule has 144 valence electrons. The van der Waals surface area contributed by atoms with Crippen molar-refractivity contribution in [3.05, 3.63) is 71.5 Å². The van der Waals surface area contributed by atoms with Gasteiger partial charge in [0, 0.05) is 30.4 Å². The molecule has 0 bridgehead atoms. The first kappa shape index (κ1) is 19.7. The van der Waals surface area contributed by atoms with Crippen molar-refractivity contribution in [3.8, 4) is 10.6 Å². The van der Waals surface area contributed by atoms with Gasteiger partial charge in [-0.2, -0.15) is 0 Å². The fraction of sp³-hybridized carbons (Fsp3) is 0.238. The lowest BCUT2D eigenvalue weighted by atomic mass is 10.1. The molecule has 0 aliphatic carbocycles. The van der Waals surface area contributed by atoms with E-state index in [0.717, 1.165) is 16.1 Å². The van der Waals surface area contributed by atoms with E-state index < -0.39 is 5.97 Å². The largest absolute Gasteiger partial charge is 0.455 e. The van der Waals surface area contributed by atoms with E-state index in [1.807, 2.05) is 54.8 Å². The van der Waals surface area contributed by atoms with Crippen LogP contribution in [-0.4, -0.2) is 40.4 Å². The normalized spacial score (nSPS) is 11.6. The predicted molar refractivity (Wildman–Crippen MR) is 108 cm³/mol. The Balaban J connectivity index is 1.50. The van der Waals surface area contributed by atoms with Gasteiger partial charge >= 0.3 is 5.97 Å². The van der Waals surface area contributed by atoms with Crippen LogP contribution in [0.3, 0.4) is 0 Å². The second kappa shape index (κ2) is 9.23. The molecule has 7 heteroatoms. The summed E-state index contributed by atoms with van der Waals surface area (Å²) in [6.07, 6.45) is 3.45. The summed E-state index contributed by atoms with van der Waals surface area (Å²) in [6.45, 7) is 1.65. The van der Waals surface area contributed by atoms with Crippen molar-refractivity contribution in [3.63, 3.8) is 0 Å². The number of carbonyl (C=O) groups excluding carboxylic acids is 2. The van der Waals surface area contributed by atoms with Crippen LogP contribution < -0.4 is 0 Å². The summed E-state index contributed by atoms with van der Waals surface area (Å²) in [7, 11) is 1.70. The van der Waals surface area contributed by atoms with Crippen LogP contribution in [0, 0.1) is 0 Å². The number of pyridine rings is 1. The van der Waals surface area contributed by atoms with E-state index in [1.165, 1.54) is 11.3 Å². The molecule has 28 heavy (non-hydrogen) atoms. The molecule has 0 fully saturated rings. The van der Waals surface area contributed by atoms with Gasteiger partial charge in [0.05, 0.1) is 18.2 Å². The molecule has 3 aromatic rings. The van der Waals surface area contributed by atoms with Crippen molar-refractivity contribution >= 4 is 23.2 Å². The van der Waals surface area contributed by atoms with Crippen LogP contribution in [0.5, 0.6) is 0 Å². The summed E-state index contributed by atoms with van der Waals surface area (Å²) in [6, 6.07) is 13.4. The second-order valence-electron chi connectivity index (χ2n) is 6.31. The fourth-order valence-electron chi connectivity index (χ4n) is 2.62. The molecule has 1 atom stereocenters. The third-order valence-corrected chi connectivity index (χ3v) is 5.34. The zero-order valence-electron chi connectivity index (χ0n) is 15.7. The minimum Gasteiger partial charge on any atom is -0.455 e. The molecule has 0 N–H and O–H groups in total. The van der Waals surface area contributed by atoms with Crippen LogP contribution in [-0.2, 0) is 20.7 Å². The van der Waals surface area contributed by atoms with Crippen LogP contribution in [0.25, 0.3) is 10.6 Å². The molecule has 0 unspecified atom stereocenters. The van der Waals surface area contributed by atoms with Crippen molar-refractivity contribution in [2.45, 2.75) is 19.4 Å². The number of nitrogens with zero attached hydrogens (tertiary/aromatic N) is 3. The lowest BCUT2D eigenvalue weighted by Gasteiger charge is -2.25. The molecule has 0 saturated heterocycles. The molecular weight excluding hydrogens is 374 g/mol. The predicted octanol–water partition coefficient (Wildman–Crippen LogP) is 3.51. The summed E-state index contributed by atoms with van der Waals surface area (Å²) in [5, 5.41) is 2.61. The molecule has 6 nitrogen and oxygen atoms in total. The van der Waals surface area contributed by atoms with Crippen molar-refractivity contribution in [2.24, 2.45) is 0 Å². The molecule has 0 spiro atoms. The summed E-state index contributed by atoms with van der Waals surface area (Å²) >= 11 is 1.44. The van der Waals surface area contributed by atoms with Crippen LogP contribution in [0.15, 0.2) is 60.2 Å². The lowest BCUT2D eigenvalue weighted by Crippen LogP contribution is -2.33. The Morgan fingerprint density at radius 1 is 1.18 bits per heavy atom. The van der Waals surface area contributed by atoms with Crippen molar-refractivity contribution in [2.75, 3.05) is 13.7 Å². The summed E-state index contributed by atoms with van der Waals surface area (Å²) in [5.41, 5.74) is 2.54. The Hall–Kier alpha value is -3.06. The van der Waals surface area contributed by atoms with Gasteiger partial charge in [-0.1, -0.05) is 30.3 Å². The van der Waals surface area contributed by atoms with Crippen LogP contribution in [0.2, 0.25) is 0 Å². The van der Waals surface area contributed by atoms with E-state index >= 15 is 0 Å². The lowest BCUT2D eigenvalue weighted by molar-refractivity contribution is -0.151. The molecule has 1 aromatic carbocycles. The van der Waals surface area contributed by atoms with Gasteiger partial charge in [0.1, 0.15) is 5.01 Å². The number of carbonyl (C=O) groups is 2. The van der Waals surface area contributed by atoms with Gasteiger partial charge in [-0.3, -0.25) is 14.6 Å². The van der Waals surface area contributed by atoms with Gasteiger partial charge in [-0.05, 0) is 24.6 Å². The minimum absolute atomic E-state index is 0.0298. The van der Waals surface area contributed by atoms with E-state index in [9.17, 15) is 9.59 Å². The smallest absolute Gasteiger partial charge is 0.312 e. The molecule has 2 heterocycles. The number of likely N-dealkylation sites (N-methyl/N-ethyl adjacent to an activating group) is 1. The molecule has 2 aromatic heterocycles. The van der Waals surface area contributed by atoms with Gasteiger partial charge in [-0.15, -0.1) is 11.3 Å². The SMILES string of the molecule is C[C@@H](c1ccccc1)N(C)C(=O)COC(=O)Cc1csc(-c2cccnc2)n1. The molecule has 0 aliphatic rings. The maximum absolute atomic E-state index is 12.3. The first-order chi connectivity index (χ1) is 13.5. The zero-order valence-corrected chi connectivity index (χ0v) is 16.6. The molecule has 0 aliphatic heterocycles. The van der Waals surface area contributed by atoms with Gasteiger partial charge in [0.2, 0.25) is 0 Å². The topological polar surface area (TPSA) is 72.4 Å². The maximum atomic E-state index is 12.3. The average Bonchev–Trinajstić information content (AvgIpc) is 3.20. The van der Waals surface area contributed by atoms with Crippen molar-refractivity contribution < 1.29 is 14.3 Å². The Kier molecular flexibility index (Phi) is 6.49. The number of aromatic nitrogens is 2. The second-order valence-corrected chi connectivity index (χ2v) is 7.17. The summed E-state index contributed by atoms with van der Waals surface area (Å²) in [4.78, 5) is 34.5. The summed E-state index contributed by atoms with van der Waals surface area (Å²) in [5.74, 6) is -0.726. The van der Waals surface area contributed by atoms with E-state index in [0.29, 0.717) is 5.69 Å². The van der Waals surface area contributed by atoms with Crippen molar-refractivity contribution in [1.82, 2.24) is 14.9 Å². The number of amides is 1. The number of hydrogen-bond donors (Lipinski definition) is 0. The number of rotatable bonds is 7. The molecule has 0 radical (unpaired) electrons. The zero-order chi connectivity index (χ0) is 19.9. The fourth-order valence-corrected chi connectivity index (χ4v) is 3.43. The Bertz CT molecular complexity index is 928. The number of hydrogen-bond acceptors (Lipinski definition) is 6. The molecule has 0 saturated carbocycles. The average molecular weight is 395 g/mol. The quantitative estimate of drug-likeness (QED) is 0.573. The number of ether oxygens (including phenoxy) is 1. The van der Waals surface area contributed by atoms with Gasteiger partial charge in [0.25, 0.3) is 5.91 Å². The molecule has 1 amide bonds. The van der Waals surface area contributed by atoms with E-state index in [2.05, 4.69) is 9.97 Å². The Morgan fingerprint density at radius 2 is 1.96 bits per heavy atom.